The smallest absolute Gasteiger partial charge is 0.0541 e. The number of benzene rings is 12. The van der Waals surface area contributed by atoms with Crippen LogP contribution in [0.2, 0.25) is 0 Å². The monoisotopic (exact) mass is 1060 g/mol. The minimum absolute atomic E-state index is 0.629. The van der Waals surface area contributed by atoms with Gasteiger partial charge in [0.05, 0.1) is 16.7 Å². The number of anilines is 3. The molecule has 0 atom stereocenters. The highest BCUT2D eigenvalue weighted by atomic mass is 15.1. The molecule has 0 radical (unpaired) electrons. The van der Waals surface area contributed by atoms with Gasteiger partial charge in [-0.2, -0.15) is 0 Å². The molecule has 0 fully saturated rings. The largest absolute Gasteiger partial charge is 0.310 e. The molecule has 1 aromatic heterocycles. The van der Waals surface area contributed by atoms with Crippen LogP contribution < -0.4 is 4.90 Å². The van der Waals surface area contributed by atoms with Crippen LogP contribution in [0.4, 0.5) is 17.1 Å². The van der Waals surface area contributed by atoms with Crippen molar-refractivity contribution in [2.75, 3.05) is 4.90 Å². The van der Waals surface area contributed by atoms with Crippen molar-refractivity contribution < 1.29 is 0 Å². The summed E-state index contributed by atoms with van der Waals surface area (Å²) in [6, 6.07) is 97.4. The summed E-state index contributed by atoms with van der Waals surface area (Å²) in [6.07, 6.45) is 8.64. The van der Waals surface area contributed by atoms with E-state index in [4.69, 9.17) is 0 Å². The first kappa shape index (κ1) is 54.2. The van der Waals surface area contributed by atoms with Crippen LogP contribution in [-0.4, -0.2) is 4.57 Å². The second-order valence-electron chi connectivity index (χ2n) is 21.2. The van der Waals surface area contributed by atoms with E-state index in [2.05, 4.69) is 328 Å². The van der Waals surface area contributed by atoms with Gasteiger partial charge in [0.2, 0.25) is 0 Å². The van der Waals surface area contributed by atoms with Gasteiger partial charge in [0.25, 0.3) is 0 Å². The lowest BCUT2D eigenvalue weighted by Crippen LogP contribution is -2.10. The molecule has 12 aromatic carbocycles. The van der Waals surface area contributed by atoms with Crippen LogP contribution in [0.1, 0.15) is 48.5 Å². The van der Waals surface area contributed by atoms with Crippen molar-refractivity contribution >= 4 is 71.2 Å². The maximum absolute atomic E-state index is 2.42. The molecular weight excluding hydrogens is 989 g/mol. The second kappa shape index (κ2) is 24.7. The topological polar surface area (TPSA) is 8.17 Å². The number of para-hydroxylation sites is 2. The minimum Gasteiger partial charge on any atom is -0.310 e. The normalized spacial score (nSPS) is 11.4. The summed E-state index contributed by atoms with van der Waals surface area (Å²) < 4.78 is 2.37. The molecule has 0 amide bonds. The minimum atomic E-state index is 0.629. The van der Waals surface area contributed by atoms with Gasteiger partial charge in [0.1, 0.15) is 0 Å². The maximum Gasteiger partial charge on any atom is 0.0541 e. The lowest BCUT2D eigenvalue weighted by molar-refractivity contribution is 0.831. The van der Waals surface area contributed by atoms with Gasteiger partial charge in [0.15, 0.2) is 0 Å². The molecule has 0 N–H and O–H groups in total. The summed E-state index contributed by atoms with van der Waals surface area (Å²) in [5, 5.41) is 9.94. The van der Waals surface area contributed by atoms with E-state index in [9.17, 15) is 0 Å². The van der Waals surface area contributed by atoms with E-state index in [0.29, 0.717) is 5.92 Å². The van der Waals surface area contributed by atoms with Crippen LogP contribution in [0.15, 0.2) is 302 Å². The first-order valence-electron chi connectivity index (χ1n) is 29.0. The van der Waals surface area contributed by atoms with Crippen LogP contribution in [-0.2, 0) is 0 Å². The van der Waals surface area contributed by atoms with Gasteiger partial charge in [-0.05, 0) is 164 Å². The lowest BCUT2D eigenvalue weighted by atomic mass is 9.90. The average Bonchev–Trinajstić information content (AvgIpc) is 4.06. The molecule has 13 rings (SSSR count). The van der Waals surface area contributed by atoms with Crippen molar-refractivity contribution in [3.8, 4) is 50.2 Å². The summed E-state index contributed by atoms with van der Waals surface area (Å²) in [7, 11) is 0. The number of nitrogens with zero attached hydrogens (tertiary/aromatic N) is 2. The number of hydrogen-bond donors (Lipinski definition) is 0. The third-order valence-electron chi connectivity index (χ3n) is 15.4. The van der Waals surface area contributed by atoms with E-state index in [1.54, 1.807) is 0 Å². The number of allylic oxidation sites excluding steroid dienone is 6. The van der Waals surface area contributed by atoms with Crippen molar-refractivity contribution in [1.82, 2.24) is 4.57 Å². The van der Waals surface area contributed by atoms with Gasteiger partial charge >= 0.3 is 0 Å². The predicted molar refractivity (Wildman–Crippen MR) is 358 cm³/mol. The Labute approximate surface area is 484 Å². The van der Waals surface area contributed by atoms with Crippen molar-refractivity contribution in [3.05, 3.63) is 302 Å². The van der Waals surface area contributed by atoms with Gasteiger partial charge in [0, 0.05) is 33.2 Å². The SMILES string of the molecule is C/C=C\C(/C=C\C(C)C)=C(C)C.CC.c1ccc(-c2ccc(-c3ccc(N(c4ccc(-c5ccc6c(c5)c5ccccc5n6-c5ccccc5)cc4)c4ccc(-c5cccc6ccc7ccccc7c56)c5ccccc45)cc3)cc2)cc1. The van der Waals surface area contributed by atoms with Crippen molar-refractivity contribution in [2.45, 2.75) is 48.5 Å². The Kier molecular flexibility index (Phi) is 16.3. The number of aromatic nitrogens is 1. The first-order valence-corrected chi connectivity index (χ1v) is 29.0. The average molecular weight is 1060 g/mol. The van der Waals surface area contributed by atoms with E-state index < -0.39 is 0 Å². The Balaban J connectivity index is 0.000000451. The highest BCUT2D eigenvalue weighted by Gasteiger charge is 2.20. The summed E-state index contributed by atoms with van der Waals surface area (Å²) >= 11 is 0. The molecule has 0 unspecified atom stereocenters. The van der Waals surface area contributed by atoms with Gasteiger partial charge in [-0.25, -0.2) is 0 Å². The molecule has 2 nitrogen and oxygen atoms in total. The molecule has 0 aliphatic rings. The Hall–Kier alpha value is -9.76. The van der Waals surface area contributed by atoms with Crippen LogP contribution in [0.3, 0.4) is 0 Å². The zero-order chi connectivity index (χ0) is 56.5. The third kappa shape index (κ3) is 11.1. The molecule has 0 saturated carbocycles. The van der Waals surface area contributed by atoms with Gasteiger partial charge < -0.3 is 9.47 Å². The van der Waals surface area contributed by atoms with Gasteiger partial charge in [-0.3, -0.25) is 0 Å². The van der Waals surface area contributed by atoms with Crippen LogP contribution in [0, 0.1) is 5.92 Å². The van der Waals surface area contributed by atoms with Crippen molar-refractivity contribution in [1.29, 1.82) is 0 Å². The van der Waals surface area contributed by atoms with E-state index in [0.717, 1.165) is 22.7 Å². The number of hydrogen-bond acceptors (Lipinski definition) is 1. The van der Waals surface area contributed by atoms with Crippen LogP contribution >= 0.6 is 0 Å². The quantitative estimate of drug-likeness (QED) is 0.0926. The van der Waals surface area contributed by atoms with E-state index in [1.807, 2.05) is 20.8 Å². The Morgan fingerprint density at radius 3 is 1.52 bits per heavy atom. The highest BCUT2D eigenvalue weighted by molar-refractivity contribution is 6.18. The molecule has 0 bridgehead atoms. The summed E-state index contributed by atoms with van der Waals surface area (Å²) in [5.41, 5.74) is 19.2. The predicted octanol–water partition coefficient (Wildman–Crippen LogP) is 23.5. The molecule has 82 heavy (non-hydrogen) atoms. The third-order valence-corrected chi connectivity index (χ3v) is 15.4. The number of fused-ring (bicyclic) bond motifs is 7. The van der Waals surface area contributed by atoms with E-state index in [-0.39, 0.29) is 0 Å². The second-order valence-corrected chi connectivity index (χ2v) is 21.2. The molecular formula is C80H70N2. The zero-order valence-electron chi connectivity index (χ0n) is 48.2. The summed E-state index contributed by atoms with van der Waals surface area (Å²) in [5.74, 6) is 0.629. The molecule has 13 aromatic rings. The Morgan fingerprint density at radius 1 is 0.390 bits per heavy atom. The highest BCUT2D eigenvalue weighted by Crippen LogP contribution is 2.45. The fraction of sp³-hybridized carbons (Fsp3) is 0.100. The van der Waals surface area contributed by atoms with Crippen LogP contribution in [0.25, 0.3) is 104 Å². The fourth-order valence-corrected chi connectivity index (χ4v) is 11.4. The van der Waals surface area contributed by atoms with Crippen molar-refractivity contribution in [2.24, 2.45) is 5.92 Å². The Morgan fingerprint density at radius 2 is 0.890 bits per heavy atom. The summed E-state index contributed by atoms with van der Waals surface area (Å²) in [4.78, 5) is 2.42. The number of rotatable bonds is 11. The lowest BCUT2D eigenvalue weighted by Gasteiger charge is -2.28. The standard InChI is InChI=1S/C66H44N2.C12H20.C2H6/c1-3-14-45(15-4-1)46-26-28-47(29-27-46)48-32-37-54(38-33-48)67(64-43-41-58(57-21-9-10-22-59(57)64)61-24-13-17-51-31-30-50-16-7-8-20-56(50)66(51)61)55-39-34-49(35-40-55)52-36-42-65-62(44-52)60-23-11-12-25-63(60)68(65)53-18-5-2-6-19-53;1-6-7-12(11(4)5)9-8-10(2)3;1-2/h1-44H;6-10H,1-5H3;1-2H3/b;7-6-,9-8-;. The molecule has 1 heterocycles. The van der Waals surface area contributed by atoms with Gasteiger partial charge in [-0.1, -0.05) is 264 Å². The molecule has 0 saturated heterocycles. The fourth-order valence-electron chi connectivity index (χ4n) is 11.4. The summed E-state index contributed by atoms with van der Waals surface area (Å²) in [6.45, 7) is 14.7. The maximum atomic E-state index is 2.42. The van der Waals surface area contributed by atoms with Crippen molar-refractivity contribution in [3.63, 3.8) is 0 Å². The van der Waals surface area contributed by atoms with Gasteiger partial charge in [-0.15, -0.1) is 0 Å². The van der Waals surface area contributed by atoms with E-state index in [1.165, 1.54) is 110 Å². The Bertz CT molecular complexity index is 4420. The molecule has 0 aliphatic carbocycles. The molecule has 0 spiro atoms. The molecule has 0 aliphatic heterocycles. The zero-order valence-corrected chi connectivity index (χ0v) is 48.2. The van der Waals surface area contributed by atoms with E-state index >= 15 is 0 Å². The van der Waals surface area contributed by atoms with Crippen LogP contribution in [0.5, 0.6) is 0 Å². The molecule has 400 valence electrons. The first-order chi connectivity index (χ1) is 40.3. The molecule has 2 heteroatoms.